The minimum atomic E-state index is -1.87. The highest BCUT2D eigenvalue weighted by molar-refractivity contribution is 6.74. The van der Waals surface area contributed by atoms with E-state index in [2.05, 4.69) is 47.7 Å². The lowest BCUT2D eigenvalue weighted by Gasteiger charge is -2.49. The van der Waals surface area contributed by atoms with Crippen LogP contribution in [0.15, 0.2) is 0 Å². The molecule has 0 heterocycles. The Morgan fingerprint density at radius 2 is 1.65 bits per heavy atom. The number of ether oxygens (including phenoxy) is 2. The van der Waals surface area contributed by atoms with E-state index in [4.69, 9.17) is 13.9 Å². The molecule has 0 unspecified atom stereocenters. The van der Waals surface area contributed by atoms with E-state index in [9.17, 15) is 4.79 Å². The van der Waals surface area contributed by atoms with Crippen LogP contribution in [0.4, 0.5) is 0 Å². The zero-order chi connectivity index (χ0) is 23.1. The van der Waals surface area contributed by atoms with Gasteiger partial charge in [-0.2, -0.15) is 0 Å². The predicted octanol–water partition coefficient (Wildman–Crippen LogP) is 6.16. The van der Waals surface area contributed by atoms with Crippen molar-refractivity contribution < 1.29 is 18.7 Å². The van der Waals surface area contributed by atoms with Crippen LogP contribution in [-0.2, 0) is 18.7 Å². The Labute approximate surface area is 192 Å². The molecular formula is C26H48O4Si. The normalized spacial score (nSPS) is 40.8. The van der Waals surface area contributed by atoms with Gasteiger partial charge in [0.05, 0.1) is 0 Å². The molecular weight excluding hydrogens is 404 g/mol. The fraction of sp³-hybridized carbons (Fsp3) is 0.962. The molecule has 0 spiro atoms. The summed E-state index contributed by atoms with van der Waals surface area (Å²) >= 11 is 0. The summed E-state index contributed by atoms with van der Waals surface area (Å²) in [5.74, 6) is 4.75. The fourth-order valence-corrected chi connectivity index (χ4v) is 8.98. The van der Waals surface area contributed by atoms with Crippen LogP contribution in [0, 0.1) is 47.3 Å². The summed E-state index contributed by atoms with van der Waals surface area (Å²) in [6.07, 6.45) is 6.66. The van der Waals surface area contributed by atoms with Crippen molar-refractivity contribution in [3.8, 4) is 0 Å². The van der Waals surface area contributed by atoms with Gasteiger partial charge in [0.25, 0.3) is 0 Å². The predicted molar refractivity (Wildman–Crippen MR) is 128 cm³/mol. The number of rotatable bonds is 8. The van der Waals surface area contributed by atoms with Gasteiger partial charge in [-0.15, -0.1) is 0 Å². The molecule has 180 valence electrons. The third-order valence-corrected chi connectivity index (χ3v) is 14.5. The van der Waals surface area contributed by atoms with Gasteiger partial charge in [-0.05, 0) is 78.8 Å². The van der Waals surface area contributed by atoms with Crippen molar-refractivity contribution in [1.29, 1.82) is 0 Å². The van der Waals surface area contributed by atoms with Crippen molar-refractivity contribution in [2.45, 2.75) is 97.2 Å². The van der Waals surface area contributed by atoms with Gasteiger partial charge in [0.1, 0.15) is 6.29 Å². The van der Waals surface area contributed by atoms with Gasteiger partial charge in [0.2, 0.25) is 0 Å². The lowest BCUT2D eigenvalue weighted by molar-refractivity contribution is -0.148. The molecule has 3 rings (SSSR count). The number of carbonyl (C=O) groups excluding carboxylic acids is 1. The number of aldehydes is 1. The fourth-order valence-electron chi connectivity index (χ4n) is 7.61. The maximum absolute atomic E-state index is 11.7. The molecule has 3 saturated carbocycles. The number of methoxy groups -OCH3 is 2. The van der Waals surface area contributed by atoms with Gasteiger partial charge in [-0.3, -0.25) is 0 Å². The molecule has 3 aliphatic carbocycles. The lowest BCUT2D eigenvalue weighted by Crippen LogP contribution is -2.51. The summed E-state index contributed by atoms with van der Waals surface area (Å²) in [7, 11) is 1.61. The topological polar surface area (TPSA) is 44.8 Å². The van der Waals surface area contributed by atoms with Crippen LogP contribution >= 0.6 is 0 Å². The highest BCUT2D eigenvalue weighted by Gasteiger charge is 2.60. The second-order valence-electron chi connectivity index (χ2n) is 12.3. The first-order chi connectivity index (χ1) is 14.5. The average molecular weight is 453 g/mol. The second-order valence-corrected chi connectivity index (χ2v) is 17.1. The van der Waals surface area contributed by atoms with Gasteiger partial charge in [0, 0.05) is 32.7 Å². The Balaban J connectivity index is 1.96. The number of hydrogen-bond acceptors (Lipinski definition) is 4. The van der Waals surface area contributed by atoms with E-state index in [1.165, 1.54) is 12.8 Å². The summed E-state index contributed by atoms with van der Waals surface area (Å²) in [4.78, 5) is 11.7. The Kier molecular flexibility index (Phi) is 7.83. The van der Waals surface area contributed by atoms with Crippen molar-refractivity contribution in [2.75, 3.05) is 14.2 Å². The minimum Gasteiger partial charge on any atom is -0.414 e. The van der Waals surface area contributed by atoms with Crippen LogP contribution in [0.5, 0.6) is 0 Å². The molecule has 0 aromatic heterocycles. The van der Waals surface area contributed by atoms with E-state index in [1.807, 2.05) is 0 Å². The Morgan fingerprint density at radius 1 is 1.00 bits per heavy atom. The first kappa shape index (κ1) is 25.4. The largest absolute Gasteiger partial charge is 0.414 e. The van der Waals surface area contributed by atoms with E-state index >= 15 is 0 Å². The molecule has 0 bridgehead atoms. The zero-order valence-corrected chi connectivity index (χ0v) is 22.5. The van der Waals surface area contributed by atoms with Gasteiger partial charge in [0.15, 0.2) is 14.6 Å². The van der Waals surface area contributed by atoms with Crippen LogP contribution < -0.4 is 0 Å². The van der Waals surface area contributed by atoms with Crippen molar-refractivity contribution >= 4 is 14.6 Å². The lowest BCUT2D eigenvalue weighted by atomic mass is 9.64. The highest BCUT2D eigenvalue weighted by Crippen LogP contribution is 2.62. The summed E-state index contributed by atoms with van der Waals surface area (Å²) in [5.41, 5.74) is 0. The molecule has 0 amide bonds. The summed E-state index contributed by atoms with van der Waals surface area (Å²) in [5, 5.41) is 0.211. The van der Waals surface area contributed by atoms with Crippen LogP contribution in [0.25, 0.3) is 0 Å². The molecule has 0 aromatic carbocycles. The second kappa shape index (κ2) is 9.56. The Morgan fingerprint density at radius 3 is 2.16 bits per heavy atom. The molecule has 3 aliphatic rings. The number of hydrogen-bond donors (Lipinski definition) is 0. The van der Waals surface area contributed by atoms with Crippen LogP contribution in [-0.4, -0.2) is 41.2 Å². The molecule has 4 nitrogen and oxygen atoms in total. The van der Waals surface area contributed by atoms with Crippen molar-refractivity contribution in [2.24, 2.45) is 47.3 Å². The minimum absolute atomic E-state index is 0.211. The quantitative estimate of drug-likeness (QED) is 0.251. The molecule has 31 heavy (non-hydrogen) atoms. The van der Waals surface area contributed by atoms with Crippen LogP contribution in [0.3, 0.4) is 0 Å². The van der Waals surface area contributed by atoms with E-state index < -0.39 is 8.32 Å². The molecule has 9 atom stereocenters. The third-order valence-electron chi connectivity index (χ3n) is 9.95. The average Bonchev–Trinajstić information content (AvgIpc) is 3.20. The SMILES string of the molecule is CC[C@H]1[C@H]2[C@H](C[C@H]1C)[C@H]1C[C@@H](C(OC)OC)[C@H](CC=O)[C@H]1C[C@H]2O[Si](C)(C)C(C)(C)C. The summed E-state index contributed by atoms with van der Waals surface area (Å²) < 4.78 is 18.7. The van der Waals surface area contributed by atoms with Crippen molar-refractivity contribution in [1.82, 2.24) is 0 Å². The summed E-state index contributed by atoms with van der Waals surface area (Å²) in [6.45, 7) is 16.7. The number of carbonyl (C=O) groups is 1. The first-order valence-corrected chi connectivity index (χ1v) is 15.6. The molecule has 0 N–H and O–H groups in total. The Hall–Kier alpha value is -0.233. The third kappa shape index (κ3) is 4.58. The van der Waals surface area contributed by atoms with Gasteiger partial charge >= 0.3 is 0 Å². The van der Waals surface area contributed by atoms with Crippen molar-refractivity contribution in [3.63, 3.8) is 0 Å². The van der Waals surface area contributed by atoms with Crippen LogP contribution in [0.2, 0.25) is 18.1 Å². The smallest absolute Gasteiger partial charge is 0.192 e. The maximum Gasteiger partial charge on any atom is 0.192 e. The summed E-state index contributed by atoms with van der Waals surface area (Å²) in [6, 6.07) is 0. The Bertz CT molecular complexity index is 611. The maximum atomic E-state index is 11.7. The van der Waals surface area contributed by atoms with Gasteiger partial charge in [-0.25, -0.2) is 0 Å². The van der Waals surface area contributed by atoms with Gasteiger partial charge in [-0.1, -0.05) is 41.0 Å². The molecule has 0 saturated heterocycles. The highest BCUT2D eigenvalue weighted by atomic mass is 28.4. The number of fused-ring (bicyclic) bond motifs is 3. The van der Waals surface area contributed by atoms with E-state index in [0.717, 1.165) is 31.0 Å². The molecule has 3 fully saturated rings. The molecule has 0 aliphatic heterocycles. The molecule has 0 radical (unpaired) electrons. The first-order valence-electron chi connectivity index (χ1n) is 12.7. The molecule has 0 aromatic rings. The van der Waals surface area contributed by atoms with Crippen molar-refractivity contribution in [3.05, 3.63) is 0 Å². The van der Waals surface area contributed by atoms with E-state index in [1.54, 1.807) is 14.2 Å². The zero-order valence-electron chi connectivity index (χ0n) is 21.5. The van der Waals surface area contributed by atoms with E-state index in [-0.39, 0.29) is 11.3 Å². The monoisotopic (exact) mass is 452 g/mol. The standard InChI is InChI=1S/C26H48O4Si/c1-10-17-16(2)13-21-19-14-22(25(28-6)29-7)18(11-12-27)20(19)15-23(24(17)21)30-31(8,9)26(3,4)5/h12,16-25H,10-11,13-15H2,1-9H3/t16-,17-,18-,19+,20-,21-,22-,23-,24+/m1/s1. The van der Waals surface area contributed by atoms with E-state index in [0.29, 0.717) is 48.0 Å². The van der Waals surface area contributed by atoms with Crippen LogP contribution in [0.1, 0.15) is 66.7 Å². The van der Waals surface area contributed by atoms with Gasteiger partial charge < -0.3 is 18.7 Å². The molecule has 5 heteroatoms.